The highest BCUT2D eigenvalue weighted by atomic mass is 16.2. The van der Waals surface area contributed by atoms with Crippen LogP contribution in [0.1, 0.15) is 36.2 Å². The van der Waals surface area contributed by atoms with E-state index in [2.05, 4.69) is 5.32 Å². The van der Waals surface area contributed by atoms with Crippen molar-refractivity contribution in [2.45, 2.75) is 32.7 Å². The molecule has 1 aromatic carbocycles. The third-order valence-electron chi connectivity index (χ3n) is 3.65. The molecule has 1 N–H and O–H groups in total. The van der Waals surface area contributed by atoms with Gasteiger partial charge in [-0.05, 0) is 32.3 Å². The summed E-state index contributed by atoms with van der Waals surface area (Å²) in [5, 5.41) is 2.85. The summed E-state index contributed by atoms with van der Waals surface area (Å²) in [5.41, 5.74) is 1.83. The smallest absolute Gasteiger partial charge is 0.317 e. The number of rotatable bonds is 3. The molecule has 0 aliphatic heterocycles. The number of benzene rings is 1. The standard InChI is InChI=1S/C15H20N2O2/c1-3-17(4-2)15(19)16-13-10-9-11-7-5-6-8-12(11)14(13)18/h5-8,13H,3-4,9-10H2,1-2H3,(H,16,19). The number of fused-ring (bicyclic) bond motifs is 1. The molecule has 2 amide bonds. The average molecular weight is 260 g/mol. The Morgan fingerprint density at radius 2 is 2.00 bits per heavy atom. The molecule has 102 valence electrons. The molecule has 0 saturated heterocycles. The SMILES string of the molecule is CCN(CC)C(=O)NC1CCc2ccccc2C1=O. The maximum atomic E-state index is 12.3. The second-order valence-corrected chi connectivity index (χ2v) is 4.73. The minimum atomic E-state index is -0.386. The quantitative estimate of drug-likeness (QED) is 0.906. The van der Waals surface area contributed by atoms with Gasteiger partial charge in [0.2, 0.25) is 0 Å². The van der Waals surface area contributed by atoms with Crippen molar-refractivity contribution in [2.75, 3.05) is 13.1 Å². The molecule has 0 heterocycles. The molecule has 4 nitrogen and oxygen atoms in total. The van der Waals surface area contributed by atoms with Crippen molar-refractivity contribution in [3.05, 3.63) is 35.4 Å². The zero-order chi connectivity index (χ0) is 13.8. The van der Waals surface area contributed by atoms with Crippen LogP contribution in [0.5, 0.6) is 0 Å². The van der Waals surface area contributed by atoms with E-state index >= 15 is 0 Å². The first-order valence-electron chi connectivity index (χ1n) is 6.85. The summed E-state index contributed by atoms with van der Waals surface area (Å²) in [7, 11) is 0. The molecule has 1 aliphatic carbocycles. The van der Waals surface area contributed by atoms with Crippen LogP contribution in [-0.4, -0.2) is 35.8 Å². The number of nitrogens with one attached hydrogen (secondary N) is 1. The molecular formula is C15H20N2O2. The summed E-state index contributed by atoms with van der Waals surface area (Å²) in [6.45, 7) is 5.17. The highest BCUT2D eigenvalue weighted by Crippen LogP contribution is 2.21. The fraction of sp³-hybridized carbons (Fsp3) is 0.467. The Morgan fingerprint density at radius 1 is 1.32 bits per heavy atom. The van der Waals surface area contributed by atoms with Crippen LogP contribution in [0.25, 0.3) is 0 Å². The number of nitrogens with zero attached hydrogens (tertiary/aromatic N) is 1. The Bertz CT molecular complexity index is 481. The number of amides is 2. The van der Waals surface area contributed by atoms with Gasteiger partial charge in [0.1, 0.15) is 0 Å². The summed E-state index contributed by atoms with van der Waals surface area (Å²) in [6, 6.07) is 7.10. The Labute approximate surface area is 113 Å². The van der Waals surface area contributed by atoms with Crippen LogP contribution in [-0.2, 0) is 6.42 Å². The van der Waals surface area contributed by atoms with Crippen LogP contribution >= 0.6 is 0 Å². The second-order valence-electron chi connectivity index (χ2n) is 4.73. The minimum absolute atomic E-state index is 0.0300. The molecule has 4 heteroatoms. The van der Waals surface area contributed by atoms with Gasteiger partial charge in [-0.2, -0.15) is 0 Å². The zero-order valence-corrected chi connectivity index (χ0v) is 11.5. The molecular weight excluding hydrogens is 240 g/mol. The van der Waals surface area contributed by atoms with Gasteiger partial charge < -0.3 is 10.2 Å². The number of hydrogen-bond acceptors (Lipinski definition) is 2. The summed E-state index contributed by atoms with van der Waals surface area (Å²) < 4.78 is 0. The van der Waals surface area contributed by atoms with Crippen LogP contribution in [0.3, 0.4) is 0 Å². The summed E-state index contributed by atoms with van der Waals surface area (Å²) in [6.07, 6.45) is 1.52. The van der Waals surface area contributed by atoms with Gasteiger partial charge in [0.15, 0.2) is 5.78 Å². The van der Waals surface area contributed by atoms with E-state index in [0.717, 1.165) is 17.5 Å². The zero-order valence-electron chi connectivity index (χ0n) is 11.5. The number of ketones is 1. The van der Waals surface area contributed by atoms with Gasteiger partial charge in [-0.25, -0.2) is 4.79 Å². The Balaban J connectivity index is 2.08. The number of hydrogen-bond donors (Lipinski definition) is 1. The minimum Gasteiger partial charge on any atom is -0.328 e. The third-order valence-corrected chi connectivity index (χ3v) is 3.65. The molecule has 0 saturated carbocycles. The molecule has 1 atom stereocenters. The van der Waals surface area contributed by atoms with E-state index in [1.807, 2.05) is 38.1 Å². The molecule has 0 spiro atoms. The Morgan fingerprint density at radius 3 is 2.68 bits per heavy atom. The van der Waals surface area contributed by atoms with Gasteiger partial charge in [0.25, 0.3) is 0 Å². The Kier molecular flexibility index (Phi) is 4.20. The van der Waals surface area contributed by atoms with Gasteiger partial charge in [-0.15, -0.1) is 0 Å². The lowest BCUT2D eigenvalue weighted by Gasteiger charge is -2.27. The fourth-order valence-corrected chi connectivity index (χ4v) is 2.49. The maximum Gasteiger partial charge on any atom is 0.317 e. The predicted molar refractivity (Wildman–Crippen MR) is 74.3 cm³/mol. The molecule has 1 aliphatic rings. The van der Waals surface area contributed by atoms with Crippen LogP contribution in [0, 0.1) is 0 Å². The Hall–Kier alpha value is -1.84. The fourth-order valence-electron chi connectivity index (χ4n) is 2.49. The van der Waals surface area contributed by atoms with E-state index in [1.165, 1.54) is 0 Å². The number of urea groups is 1. The van der Waals surface area contributed by atoms with Crippen LogP contribution in [0.4, 0.5) is 4.79 Å². The van der Waals surface area contributed by atoms with Crippen molar-refractivity contribution < 1.29 is 9.59 Å². The largest absolute Gasteiger partial charge is 0.328 e. The predicted octanol–water partition coefficient (Wildman–Crippen LogP) is 2.24. The first kappa shape index (κ1) is 13.6. The summed E-state index contributed by atoms with van der Waals surface area (Å²) in [4.78, 5) is 26.0. The van der Waals surface area contributed by atoms with E-state index in [4.69, 9.17) is 0 Å². The number of Topliss-reactive ketones (excluding diaryl/α,β-unsaturated/α-hetero) is 1. The summed E-state index contributed by atoms with van der Waals surface area (Å²) in [5.74, 6) is 0.0300. The first-order chi connectivity index (χ1) is 9.17. The van der Waals surface area contributed by atoms with Crippen LogP contribution in [0.2, 0.25) is 0 Å². The lowest BCUT2D eigenvalue weighted by molar-refractivity contribution is 0.0925. The van der Waals surface area contributed by atoms with Crippen molar-refractivity contribution in [3.63, 3.8) is 0 Å². The van der Waals surface area contributed by atoms with Gasteiger partial charge in [-0.1, -0.05) is 24.3 Å². The highest BCUT2D eigenvalue weighted by molar-refractivity contribution is 6.03. The molecule has 1 aromatic rings. The van der Waals surface area contributed by atoms with E-state index in [1.54, 1.807) is 4.90 Å². The molecule has 0 fully saturated rings. The highest BCUT2D eigenvalue weighted by Gasteiger charge is 2.28. The van der Waals surface area contributed by atoms with Crippen molar-refractivity contribution >= 4 is 11.8 Å². The van der Waals surface area contributed by atoms with Gasteiger partial charge in [0.05, 0.1) is 6.04 Å². The normalized spacial score (nSPS) is 17.8. The lowest BCUT2D eigenvalue weighted by Crippen LogP contribution is -2.49. The third kappa shape index (κ3) is 2.78. The van der Waals surface area contributed by atoms with Crippen molar-refractivity contribution in [2.24, 2.45) is 0 Å². The topological polar surface area (TPSA) is 49.4 Å². The van der Waals surface area contributed by atoms with Gasteiger partial charge in [-0.3, -0.25) is 4.79 Å². The van der Waals surface area contributed by atoms with E-state index in [0.29, 0.717) is 19.5 Å². The van der Waals surface area contributed by atoms with Crippen molar-refractivity contribution in [1.82, 2.24) is 10.2 Å². The van der Waals surface area contributed by atoms with Gasteiger partial charge >= 0.3 is 6.03 Å². The van der Waals surface area contributed by atoms with E-state index in [9.17, 15) is 9.59 Å². The van der Waals surface area contributed by atoms with E-state index in [-0.39, 0.29) is 17.9 Å². The molecule has 2 rings (SSSR count). The maximum absolute atomic E-state index is 12.3. The molecule has 0 bridgehead atoms. The molecule has 0 radical (unpaired) electrons. The average Bonchev–Trinajstić information content (AvgIpc) is 2.43. The number of aryl methyl sites for hydroxylation is 1. The van der Waals surface area contributed by atoms with Crippen molar-refractivity contribution in [1.29, 1.82) is 0 Å². The van der Waals surface area contributed by atoms with Crippen LogP contribution < -0.4 is 5.32 Å². The number of carbonyl (C=O) groups is 2. The lowest BCUT2D eigenvalue weighted by atomic mass is 9.87. The second kappa shape index (κ2) is 5.87. The molecule has 0 aromatic heterocycles. The molecule has 19 heavy (non-hydrogen) atoms. The van der Waals surface area contributed by atoms with Gasteiger partial charge in [0, 0.05) is 18.7 Å². The van der Waals surface area contributed by atoms with Crippen molar-refractivity contribution in [3.8, 4) is 0 Å². The molecule has 1 unspecified atom stereocenters. The first-order valence-corrected chi connectivity index (χ1v) is 6.85. The van der Waals surface area contributed by atoms with Crippen LogP contribution in [0.15, 0.2) is 24.3 Å². The number of carbonyl (C=O) groups excluding carboxylic acids is 2. The summed E-state index contributed by atoms with van der Waals surface area (Å²) >= 11 is 0. The monoisotopic (exact) mass is 260 g/mol. The van der Waals surface area contributed by atoms with E-state index < -0.39 is 0 Å².